The molecular formula is C15H21N3O2. The van der Waals surface area contributed by atoms with Crippen molar-refractivity contribution in [3.8, 4) is 0 Å². The fraction of sp³-hybridized carbons (Fsp3) is 0.600. The van der Waals surface area contributed by atoms with Gasteiger partial charge in [-0.05, 0) is 37.8 Å². The second-order valence-electron chi connectivity index (χ2n) is 5.52. The monoisotopic (exact) mass is 275 g/mol. The summed E-state index contributed by atoms with van der Waals surface area (Å²) >= 11 is 0. The highest BCUT2D eigenvalue weighted by molar-refractivity contribution is 5.98. The van der Waals surface area contributed by atoms with Crippen molar-refractivity contribution in [1.29, 1.82) is 0 Å². The smallest absolute Gasteiger partial charge is 0.254 e. The van der Waals surface area contributed by atoms with Crippen molar-refractivity contribution in [2.45, 2.75) is 37.8 Å². The quantitative estimate of drug-likeness (QED) is 0.883. The first kappa shape index (κ1) is 13.4. The third-order valence-electron chi connectivity index (χ3n) is 4.38. The molecule has 108 valence electrons. The van der Waals surface area contributed by atoms with Gasteiger partial charge in [0.15, 0.2) is 0 Å². The highest BCUT2D eigenvalue weighted by atomic mass is 16.5. The lowest BCUT2D eigenvalue weighted by atomic mass is 9.82. The summed E-state index contributed by atoms with van der Waals surface area (Å²) in [6.07, 6.45) is 6.65. The molecule has 0 radical (unpaired) electrons. The number of carbonyl (C=O) groups is 1. The van der Waals surface area contributed by atoms with E-state index in [-0.39, 0.29) is 5.91 Å². The molecule has 3 rings (SSSR count). The van der Waals surface area contributed by atoms with E-state index in [1.807, 2.05) is 0 Å². The molecule has 20 heavy (non-hydrogen) atoms. The fourth-order valence-electron chi connectivity index (χ4n) is 3.37. The number of anilines is 1. The first-order valence-electron chi connectivity index (χ1n) is 7.35. The van der Waals surface area contributed by atoms with Gasteiger partial charge in [0.05, 0.1) is 11.7 Å². The highest BCUT2D eigenvalue weighted by Gasteiger charge is 2.38. The van der Waals surface area contributed by atoms with E-state index in [4.69, 9.17) is 4.74 Å². The van der Waals surface area contributed by atoms with Gasteiger partial charge in [-0.1, -0.05) is 0 Å². The zero-order valence-electron chi connectivity index (χ0n) is 11.8. The third-order valence-corrected chi connectivity index (χ3v) is 4.38. The molecule has 1 aromatic rings. The predicted molar refractivity (Wildman–Crippen MR) is 76.7 cm³/mol. The highest BCUT2D eigenvalue weighted by Crippen LogP contribution is 2.36. The van der Waals surface area contributed by atoms with E-state index in [2.05, 4.69) is 15.6 Å². The second kappa shape index (κ2) is 5.79. The molecule has 1 saturated carbocycles. The Morgan fingerprint density at radius 2 is 2.30 bits per heavy atom. The molecule has 2 N–H and O–H groups in total. The Labute approximate surface area is 119 Å². The average Bonchev–Trinajstić information content (AvgIpc) is 2.96. The number of nitrogens with zero attached hydrogens (tertiary/aromatic N) is 1. The molecule has 1 saturated heterocycles. The molecule has 0 aromatic carbocycles. The van der Waals surface area contributed by atoms with Crippen molar-refractivity contribution in [2.75, 3.05) is 19.0 Å². The maximum absolute atomic E-state index is 11.9. The Hall–Kier alpha value is -1.62. The molecule has 1 aromatic heterocycles. The Morgan fingerprint density at radius 1 is 1.40 bits per heavy atom. The lowest BCUT2D eigenvalue weighted by Gasteiger charge is -2.33. The number of carbonyl (C=O) groups excluding carboxylic acids is 1. The molecule has 5 heteroatoms. The molecule has 0 spiro atoms. The first-order valence-corrected chi connectivity index (χ1v) is 7.35. The van der Waals surface area contributed by atoms with Gasteiger partial charge in [0, 0.05) is 31.8 Å². The number of pyridine rings is 1. The van der Waals surface area contributed by atoms with Crippen LogP contribution in [0.3, 0.4) is 0 Å². The minimum absolute atomic E-state index is 0.101. The van der Waals surface area contributed by atoms with Crippen molar-refractivity contribution < 1.29 is 9.53 Å². The van der Waals surface area contributed by atoms with Crippen LogP contribution in [0.1, 0.15) is 36.0 Å². The van der Waals surface area contributed by atoms with Crippen LogP contribution >= 0.6 is 0 Å². The van der Waals surface area contributed by atoms with Crippen LogP contribution in [0.4, 0.5) is 5.82 Å². The van der Waals surface area contributed by atoms with E-state index in [0.29, 0.717) is 29.4 Å². The molecular weight excluding hydrogens is 254 g/mol. The van der Waals surface area contributed by atoms with Gasteiger partial charge in [-0.25, -0.2) is 4.98 Å². The predicted octanol–water partition coefficient (Wildman–Crippen LogP) is 1.81. The van der Waals surface area contributed by atoms with Crippen LogP contribution in [0, 0.1) is 5.92 Å². The lowest BCUT2D eigenvalue weighted by Crippen LogP contribution is -2.39. The number of hydrogen-bond acceptors (Lipinski definition) is 4. The van der Waals surface area contributed by atoms with Gasteiger partial charge in [0.25, 0.3) is 5.91 Å². The average molecular weight is 275 g/mol. The Balaban J connectivity index is 1.78. The maximum Gasteiger partial charge on any atom is 0.254 e. The summed E-state index contributed by atoms with van der Waals surface area (Å²) in [4.78, 5) is 16.2. The molecule has 5 nitrogen and oxygen atoms in total. The van der Waals surface area contributed by atoms with E-state index >= 15 is 0 Å². The number of fused-ring (bicyclic) bond motifs is 1. The maximum atomic E-state index is 11.9. The molecule has 0 unspecified atom stereocenters. The molecule has 2 fully saturated rings. The Kier molecular flexibility index (Phi) is 3.87. The summed E-state index contributed by atoms with van der Waals surface area (Å²) < 4.78 is 5.78. The molecule has 0 bridgehead atoms. The minimum Gasteiger partial charge on any atom is -0.378 e. The van der Waals surface area contributed by atoms with Crippen LogP contribution < -0.4 is 10.6 Å². The van der Waals surface area contributed by atoms with Gasteiger partial charge in [-0.2, -0.15) is 0 Å². The normalized spacial score (nSPS) is 28.8. The van der Waals surface area contributed by atoms with Crippen molar-refractivity contribution in [3.05, 3.63) is 23.9 Å². The number of nitrogens with one attached hydrogen (secondary N) is 2. The van der Waals surface area contributed by atoms with Crippen molar-refractivity contribution in [3.63, 3.8) is 0 Å². The first-order chi connectivity index (χ1) is 9.79. The van der Waals surface area contributed by atoms with Crippen molar-refractivity contribution in [2.24, 2.45) is 5.92 Å². The number of ether oxygens (including phenoxy) is 1. The molecule has 2 heterocycles. The van der Waals surface area contributed by atoms with Gasteiger partial charge in [0.1, 0.15) is 5.82 Å². The van der Waals surface area contributed by atoms with Crippen molar-refractivity contribution in [1.82, 2.24) is 10.3 Å². The SMILES string of the molecule is CNC(=O)c1cccnc1N[C@@H]1CCC[C@@H]2OCC[C@H]21. The van der Waals surface area contributed by atoms with E-state index in [0.717, 1.165) is 25.9 Å². The van der Waals surface area contributed by atoms with Gasteiger partial charge in [-0.3, -0.25) is 4.79 Å². The summed E-state index contributed by atoms with van der Waals surface area (Å²) in [7, 11) is 1.64. The summed E-state index contributed by atoms with van der Waals surface area (Å²) in [5, 5.41) is 6.15. The molecule has 1 aliphatic heterocycles. The van der Waals surface area contributed by atoms with Gasteiger partial charge >= 0.3 is 0 Å². The van der Waals surface area contributed by atoms with Crippen LogP contribution in [0.5, 0.6) is 0 Å². The molecule has 1 aliphatic carbocycles. The number of rotatable bonds is 3. The van der Waals surface area contributed by atoms with Gasteiger partial charge in [-0.15, -0.1) is 0 Å². The summed E-state index contributed by atoms with van der Waals surface area (Å²) in [5.41, 5.74) is 0.607. The summed E-state index contributed by atoms with van der Waals surface area (Å²) in [5.74, 6) is 1.13. The number of hydrogen-bond donors (Lipinski definition) is 2. The topological polar surface area (TPSA) is 63.2 Å². The van der Waals surface area contributed by atoms with E-state index < -0.39 is 0 Å². The van der Waals surface area contributed by atoms with Crippen LogP contribution in [0.25, 0.3) is 0 Å². The van der Waals surface area contributed by atoms with Crippen LogP contribution in [0.15, 0.2) is 18.3 Å². The number of amides is 1. The van der Waals surface area contributed by atoms with E-state index in [1.54, 1.807) is 25.4 Å². The van der Waals surface area contributed by atoms with E-state index in [9.17, 15) is 4.79 Å². The van der Waals surface area contributed by atoms with Crippen LogP contribution in [0.2, 0.25) is 0 Å². The molecule has 2 aliphatic rings. The molecule has 3 atom stereocenters. The Bertz CT molecular complexity index is 492. The zero-order valence-corrected chi connectivity index (χ0v) is 11.8. The van der Waals surface area contributed by atoms with Crippen molar-refractivity contribution >= 4 is 11.7 Å². The lowest BCUT2D eigenvalue weighted by molar-refractivity contribution is 0.0619. The fourth-order valence-corrected chi connectivity index (χ4v) is 3.37. The standard InChI is InChI=1S/C15H21N3O2/c1-16-15(19)11-4-3-8-17-14(11)18-12-5-2-6-13-10(12)7-9-20-13/h3-4,8,10,12-13H,2,5-7,9H2,1H3,(H,16,19)(H,17,18)/t10-,12+,13-/m0/s1. The van der Waals surface area contributed by atoms with Crippen LogP contribution in [-0.4, -0.2) is 36.7 Å². The summed E-state index contributed by atoms with van der Waals surface area (Å²) in [6, 6.07) is 3.95. The second-order valence-corrected chi connectivity index (χ2v) is 5.52. The minimum atomic E-state index is -0.101. The number of aromatic nitrogens is 1. The third kappa shape index (κ3) is 2.50. The van der Waals surface area contributed by atoms with E-state index in [1.165, 1.54) is 6.42 Å². The summed E-state index contributed by atoms with van der Waals surface area (Å²) in [6.45, 7) is 0.859. The zero-order chi connectivity index (χ0) is 13.9. The van der Waals surface area contributed by atoms with Gasteiger partial charge in [0.2, 0.25) is 0 Å². The Morgan fingerprint density at radius 3 is 3.15 bits per heavy atom. The largest absolute Gasteiger partial charge is 0.378 e. The molecule has 1 amide bonds. The van der Waals surface area contributed by atoms with Crippen LogP contribution in [-0.2, 0) is 4.74 Å². The van der Waals surface area contributed by atoms with Gasteiger partial charge < -0.3 is 15.4 Å².